The summed E-state index contributed by atoms with van der Waals surface area (Å²) in [7, 11) is 0. The largest absolute Gasteiger partial charge is 0.356 e. The summed E-state index contributed by atoms with van der Waals surface area (Å²) in [6.07, 6.45) is 6.81. The monoisotopic (exact) mass is 534 g/mol. The van der Waals surface area contributed by atoms with Gasteiger partial charge in [0.1, 0.15) is 0 Å². The van der Waals surface area contributed by atoms with Crippen LogP contribution in [-0.2, 0) is 5.41 Å². The molecule has 0 radical (unpaired) electrons. The van der Waals surface area contributed by atoms with Gasteiger partial charge in [-0.1, -0.05) is 93.8 Å². The highest BCUT2D eigenvalue weighted by atomic mass is 15.1. The normalized spacial score (nSPS) is 15.7. The number of anilines is 5. The van der Waals surface area contributed by atoms with Crippen molar-refractivity contribution in [2.24, 2.45) is 0 Å². The minimum Gasteiger partial charge on any atom is -0.356 e. The molecule has 41 heavy (non-hydrogen) atoms. The third kappa shape index (κ3) is 4.82. The Balaban J connectivity index is 1.19. The predicted molar refractivity (Wildman–Crippen MR) is 174 cm³/mol. The van der Waals surface area contributed by atoms with Crippen LogP contribution in [0.3, 0.4) is 0 Å². The molecule has 1 saturated carbocycles. The number of benzene rings is 5. The molecule has 1 fully saturated rings. The van der Waals surface area contributed by atoms with E-state index in [1.807, 2.05) is 0 Å². The second-order valence-corrected chi connectivity index (χ2v) is 12.2. The molecule has 7 rings (SSSR count). The maximum Gasteiger partial charge on any atom is 0.0465 e. The molecular weight excluding hydrogens is 496 g/mol. The van der Waals surface area contributed by atoms with E-state index < -0.39 is 0 Å². The minimum absolute atomic E-state index is 0.109. The highest BCUT2D eigenvalue weighted by Gasteiger charge is 2.36. The van der Waals surface area contributed by atoms with Gasteiger partial charge >= 0.3 is 0 Å². The zero-order valence-corrected chi connectivity index (χ0v) is 24.1. The quantitative estimate of drug-likeness (QED) is 0.233. The molecule has 0 amide bonds. The number of hydrogen-bond donors (Lipinski definition) is 1. The van der Waals surface area contributed by atoms with Crippen LogP contribution in [-0.4, -0.2) is 0 Å². The Morgan fingerprint density at radius 2 is 1.12 bits per heavy atom. The first-order valence-electron chi connectivity index (χ1n) is 15.1. The summed E-state index contributed by atoms with van der Waals surface area (Å²) in [5.41, 5.74) is 12.6. The van der Waals surface area contributed by atoms with E-state index in [-0.39, 0.29) is 5.41 Å². The lowest BCUT2D eigenvalue weighted by Crippen LogP contribution is -2.16. The van der Waals surface area contributed by atoms with E-state index in [0.717, 1.165) is 28.7 Å². The van der Waals surface area contributed by atoms with Crippen LogP contribution in [0.4, 0.5) is 28.4 Å². The van der Waals surface area contributed by atoms with Gasteiger partial charge in [0.2, 0.25) is 0 Å². The maximum absolute atomic E-state index is 3.69. The van der Waals surface area contributed by atoms with E-state index in [2.05, 4.69) is 145 Å². The molecule has 2 nitrogen and oxygen atoms in total. The van der Waals surface area contributed by atoms with Crippen molar-refractivity contribution in [3.63, 3.8) is 0 Å². The van der Waals surface area contributed by atoms with Crippen LogP contribution < -0.4 is 10.2 Å². The van der Waals surface area contributed by atoms with E-state index in [1.54, 1.807) is 0 Å². The molecule has 1 N–H and O–H groups in total. The zero-order chi connectivity index (χ0) is 27.8. The van der Waals surface area contributed by atoms with Crippen molar-refractivity contribution in [1.82, 2.24) is 0 Å². The van der Waals surface area contributed by atoms with E-state index in [9.17, 15) is 0 Å². The number of nitrogens with one attached hydrogen (secondary N) is 1. The first kappa shape index (κ1) is 25.7. The predicted octanol–water partition coefficient (Wildman–Crippen LogP) is 11.3. The number of para-hydroxylation sites is 2. The summed E-state index contributed by atoms with van der Waals surface area (Å²) in [4.78, 5) is 2.35. The summed E-state index contributed by atoms with van der Waals surface area (Å²) < 4.78 is 0. The molecule has 0 aromatic heterocycles. The van der Waals surface area contributed by atoms with Crippen LogP contribution >= 0.6 is 0 Å². The van der Waals surface area contributed by atoms with Gasteiger partial charge in [-0.25, -0.2) is 0 Å². The van der Waals surface area contributed by atoms with Gasteiger partial charge in [-0.3, -0.25) is 0 Å². The number of rotatable bonds is 6. The van der Waals surface area contributed by atoms with Gasteiger partial charge in [-0.05, 0) is 107 Å². The Kier molecular flexibility index (Phi) is 6.63. The lowest BCUT2D eigenvalue weighted by Gasteiger charge is -2.28. The van der Waals surface area contributed by atoms with Gasteiger partial charge in [0.15, 0.2) is 0 Å². The molecule has 0 saturated heterocycles. The fraction of sp³-hybridized carbons (Fsp3) is 0.231. The van der Waals surface area contributed by atoms with Crippen LogP contribution in [0.1, 0.15) is 68.6 Å². The number of fused-ring (bicyclic) bond motifs is 3. The molecule has 0 spiro atoms. The second kappa shape index (κ2) is 10.6. The Morgan fingerprint density at radius 1 is 0.561 bits per heavy atom. The van der Waals surface area contributed by atoms with Crippen molar-refractivity contribution >= 4 is 28.4 Å². The van der Waals surface area contributed by atoms with E-state index in [1.165, 1.54) is 65.6 Å². The van der Waals surface area contributed by atoms with E-state index in [0.29, 0.717) is 0 Å². The van der Waals surface area contributed by atoms with Crippen LogP contribution in [0, 0.1) is 0 Å². The highest BCUT2D eigenvalue weighted by molar-refractivity contribution is 5.86. The van der Waals surface area contributed by atoms with E-state index in [4.69, 9.17) is 0 Å². The minimum atomic E-state index is -0.109. The van der Waals surface area contributed by atoms with Crippen molar-refractivity contribution in [1.29, 1.82) is 0 Å². The Labute approximate surface area is 244 Å². The van der Waals surface area contributed by atoms with Crippen LogP contribution in [0.15, 0.2) is 121 Å². The summed E-state index contributed by atoms with van der Waals surface area (Å²) in [6, 6.07) is 44.3. The van der Waals surface area contributed by atoms with Crippen LogP contribution in [0.2, 0.25) is 0 Å². The summed E-state index contributed by atoms with van der Waals surface area (Å²) >= 11 is 0. The maximum atomic E-state index is 3.69. The van der Waals surface area contributed by atoms with Gasteiger partial charge in [-0.2, -0.15) is 0 Å². The average Bonchev–Trinajstić information content (AvgIpc) is 3.25. The van der Waals surface area contributed by atoms with Crippen LogP contribution in [0.5, 0.6) is 0 Å². The van der Waals surface area contributed by atoms with Crippen molar-refractivity contribution in [2.45, 2.75) is 57.3 Å². The molecule has 0 unspecified atom stereocenters. The van der Waals surface area contributed by atoms with Crippen molar-refractivity contribution in [2.75, 3.05) is 10.2 Å². The average molecular weight is 535 g/mol. The SMILES string of the molecule is CC1(C)c2cc(Nc3ccc(C4CCCCC4)cc3)ccc2-c2ccc(N(c3ccccc3)c3ccccc3)cc21. The molecular formula is C39H38N2. The fourth-order valence-electron chi connectivity index (χ4n) is 6.98. The lowest BCUT2D eigenvalue weighted by molar-refractivity contribution is 0.443. The van der Waals surface area contributed by atoms with Crippen molar-refractivity contribution < 1.29 is 0 Å². The smallest absolute Gasteiger partial charge is 0.0465 e. The summed E-state index contributed by atoms with van der Waals surface area (Å²) in [5.74, 6) is 0.738. The lowest BCUT2D eigenvalue weighted by atomic mass is 9.82. The van der Waals surface area contributed by atoms with Gasteiger partial charge in [-0.15, -0.1) is 0 Å². The zero-order valence-electron chi connectivity index (χ0n) is 24.1. The molecule has 2 aliphatic carbocycles. The Morgan fingerprint density at radius 3 is 1.76 bits per heavy atom. The van der Waals surface area contributed by atoms with Gasteiger partial charge in [0, 0.05) is 33.9 Å². The van der Waals surface area contributed by atoms with Gasteiger partial charge in [0.25, 0.3) is 0 Å². The molecule has 204 valence electrons. The standard InChI is InChI=1S/C39H38N2/c1-39(2)37-26-31(40-30-20-18-29(19-21-30)28-12-6-3-7-13-28)22-24-35(37)36-25-23-34(27-38(36)39)41(32-14-8-4-9-15-32)33-16-10-5-11-17-33/h4-5,8-11,14-28,40H,3,6-7,12-13H2,1-2H3. The molecule has 5 aromatic rings. The number of nitrogens with zero attached hydrogens (tertiary/aromatic N) is 1. The number of hydrogen-bond acceptors (Lipinski definition) is 2. The van der Waals surface area contributed by atoms with Crippen LogP contribution in [0.25, 0.3) is 11.1 Å². The molecule has 0 bridgehead atoms. The Bertz CT molecular complexity index is 1610. The molecule has 0 atom stereocenters. The summed E-state index contributed by atoms with van der Waals surface area (Å²) in [5, 5.41) is 3.69. The fourth-order valence-corrected chi connectivity index (χ4v) is 6.98. The third-order valence-electron chi connectivity index (χ3n) is 9.22. The first-order chi connectivity index (χ1) is 20.1. The molecule has 2 aliphatic rings. The van der Waals surface area contributed by atoms with Crippen molar-refractivity contribution in [3.05, 3.63) is 138 Å². The first-order valence-corrected chi connectivity index (χ1v) is 15.1. The summed E-state index contributed by atoms with van der Waals surface area (Å²) in [6.45, 7) is 4.72. The van der Waals surface area contributed by atoms with Gasteiger partial charge in [0.05, 0.1) is 0 Å². The topological polar surface area (TPSA) is 15.3 Å². The molecule has 0 heterocycles. The second-order valence-electron chi connectivity index (χ2n) is 12.2. The third-order valence-corrected chi connectivity index (χ3v) is 9.22. The van der Waals surface area contributed by atoms with Gasteiger partial charge < -0.3 is 10.2 Å². The van der Waals surface area contributed by atoms with E-state index >= 15 is 0 Å². The van der Waals surface area contributed by atoms with Crippen molar-refractivity contribution in [3.8, 4) is 11.1 Å². The molecule has 5 aromatic carbocycles. The molecule has 0 aliphatic heterocycles. The highest BCUT2D eigenvalue weighted by Crippen LogP contribution is 2.51. The molecule has 2 heteroatoms. The Hall–Kier alpha value is -4.30.